The van der Waals surface area contributed by atoms with Crippen molar-refractivity contribution < 1.29 is 14.6 Å². The van der Waals surface area contributed by atoms with Crippen LogP contribution in [0.5, 0.6) is 5.75 Å². The van der Waals surface area contributed by atoms with Gasteiger partial charge in [0, 0.05) is 24.7 Å². The van der Waals surface area contributed by atoms with Crippen LogP contribution in [0.3, 0.4) is 0 Å². The van der Waals surface area contributed by atoms with Gasteiger partial charge in [-0.05, 0) is 18.2 Å². The van der Waals surface area contributed by atoms with Crippen molar-refractivity contribution in [1.29, 1.82) is 0 Å². The fraction of sp³-hybridized carbons (Fsp3) is 0.364. The predicted molar refractivity (Wildman–Crippen MR) is 61.3 cm³/mol. The monoisotopic (exact) mass is 224 g/mol. The lowest BCUT2D eigenvalue weighted by Gasteiger charge is -2.15. The Morgan fingerprint density at radius 3 is 2.81 bits per heavy atom. The molecule has 1 atom stereocenters. The quantitative estimate of drug-likeness (QED) is 0.701. The van der Waals surface area contributed by atoms with E-state index in [-0.39, 0.29) is 12.5 Å². The minimum atomic E-state index is -0.822. The number of methoxy groups -OCH3 is 1. The molecule has 1 aromatic carbocycles. The third-order valence-electron chi connectivity index (χ3n) is 2.15. The molecule has 0 spiro atoms. The average molecular weight is 224 g/mol. The van der Waals surface area contributed by atoms with Crippen LogP contribution in [0.4, 0.5) is 5.69 Å². The van der Waals surface area contributed by atoms with Crippen LogP contribution in [0.15, 0.2) is 18.2 Å². The Morgan fingerprint density at radius 1 is 1.62 bits per heavy atom. The van der Waals surface area contributed by atoms with E-state index < -0.39 is 6.10 Å². The summed E-state index contributed by atoms with van der Waals surface area (Å²) < 4.78 is 5.04. The van der Waals surface area contributed by atoms with E-state index in [4.69, 9.17) is 10.5 Å². The van der Waals surface area contributed by atoms with Crippen molar-refractivity contribution in [1.82, 2.24) is 0 Å². The van der Waals surface area contributed by atoms with Crippen LogP contribution in [0.1, 0.15) is 18.6 Å². The first kappa shape index (κ1) is 12.5. The second-order valence-electron chi connectivity index (χ2n) is 3.39. The molecular formula is C11H16N2O3. The zero-order valence-corrected chi connectivity index (χ0v) is 9.36. The highest BCUT2D eigenvalue weighted by Gasteiger charge is 2.13. The van der Waals surface area contributed by atoms with Gasteiger partial charge in [0.15, 0.2) is 0 Å². The largest absolute Gasteiger partial charge is 0.497 e. The van der Waals surface area contributed by atoms with Crippen LogP contribution in [0.2, 0.25) is 0 Å². The standard InChI is InChI=1S/C11H16N2O3/c1-7(14)13-10-4-3-8(16-2)5-9(10)11(15)6-12/h3-5,11,15H,6,12H2,1-2H3,(H,13,14). The van der Waals surface area contributed by atoms with Crippen LogP contribution in [-0.2, 0) is 4.79 Å². The van der Waals surface area contributed by atoms with Crippen molar-refractivity contribution in [3.8, 4) is 5.75 Å². The number of aliphatic hydroxyl groups is 1. The first-order valence-electron chi connectivity index (χ1n) is 4.92. The van der Waals surface area contributed by atoms with Crippen LogP contribution < -0.4 is 15.8 Å². The highest BCUT2D eigenvalue weighted by molar-refractivity contribution is 5.89. The van der Waals surface area contributed by atoms with E-state index in [2.05, 4.69) is 5.32 Å². The number of aliphatic hydroxyl groups excluding tert-OH is 1. The maximum atomic E-state index is 11.0. The first-order valence-corrected chi connectivity index (χ1v) is 4.92. The lowest BCUT2D eigenvalue weighted by molar-refractivity contribution is -0.114. The number of carbonyl (C=O) groups excluding carboxylic acids is 1. The van der Waals surface area contributed by atoms with Gasteiger partial charge in [0.1, 0.15) is 5.75 Å². The van der Waals surface area contributed by atoms with E-state index in [0.29, 0.717) is 17.0 Å². The number of ether oxygens (including phenoxy) is 1. The van der Waals surface area contributed by atoms with Gasteiger partial charge in [-0.2, -0.15) is 0 Å². The first-order chi connectivity index (χ1) is 7.58. The molecule has 0 heterocycles. The molecule has 1 amide bonds. The molecular weight excluding hydrogens is 208 g/mol. The summed E-state index contributed by atoms with van der Waals surface area (Å²) in [6.07, 6.45) is -0.822. The van der Waals surface area contributed by atoms with E-state index >= 15 is 0 Å². The summed E-state index contributed by atoms with van der Waals surface area (Å²) in [5.41, 5.74) is 6.49. The summed E-state index contributed by atoms with van der Waals surface area (Å²) in [5.74, 6) is 0.409. The molecule has 1 aromatic rings. The normalized spacial score (nSPS) is 12.0. The van der Waals surface area contributed by atoms with Crippen molar-refractivity contribution in [3.05, 3.63) is 23.8 Å². The SMILES string of the molecule is COc1ccc(NC(C)=O)c(C(O)CN)c1. The summed E-state index contributed by atoms with van der Waals surface area (Å²) in [5, 5.41) is 12.3. The molecule has 0 aromatic heterocycles. The van der Waals surface area contributed by atoms with Crippen LogP contribution in [0.25, 0.3) is 0 Å². The van der Waals surface area contributed by atoms with Gasteiger partial charge in [0.05, 0.1) is 13.2 Å². The predicted octanol–water partition coefficient (Wildman–Crippen LogP) is 0.646. The number of nitrogens with one attached hydrogen (secondary N) is 1. The number of anilines is 1. The Kier molecular flexibility index (Phi) is 4.28. The summed E-state index contributed by atoms with van der Waals surface area (Å²) in [4.78, 5) is 11.0. The van der Waals surface area contributed by atoms with Crippen molar-refractivity contribution in [2.45, 2.75) is 13.0 Å². The third-order valence-corrected chi connectivity index (χ3v) is 2.15. The number of benzene rings is 1. The summed E-state index contributed by atoms with van der Waals surface area (Å²) in [6.45, 7) is 1.49. The molecule has 0 bridgehead atoms. The van der Waals surface area contributed by atoms with Gasteiger partial charge < -0.3 is 20.9 Å². The van der Waals surface area contributed by atoms with E-state index in [9.17, 15) is 9.90 Å². The van der Waals surface area contributed by atoms with Crippen molar-refractivity contribution >= 4 is 11.6 Å². The van der Waals surface area contributed by atoms with Gasteiger partial charge in [-0.3, -0.25) is 4.79 Å². The van der Waals surface area contributed by atoms with Gasteiger partial charge in [-0.25, -0.2) is 0 Å². The minimum Gasteiger partial charge on any atom is -0.497 e. The zero-order valence-electron chi connectivity index (χ0n) is 9.36. The number of carbonyl (C=O) groups is 1. The second-order valence-corrected chi connectivity index (χ2v) is 3.39. The van der Waals surface area contributed by atoms with Crippen LogP contribution >= 0.6 is 0 Å². The maximum Gasteiger partial charge on any atom is 0.221 e. The molecule has 4 N–H and O–H groups in total. The lowest BCUT2D eigenvalue weighted by Crippen LogP contribution is -2.15. The van der Waals surface area contributed by atoms with Crippen LogP contribution in [-0.4, -0.2) is 24.7 Å². The zero-order chi connectivity index (χ0) is 12.1. The van der Waals surface area contributed by atoms with E-state index in [0.717, 1.165) is 0 Å². The highest BCUT2D eigenvalue weighted by atomic mass is 16.5. The maximum absolute atomic E-state index is 11.0. The third kappa shape index (κ3) is 2.95. The fourth-order valence-corrected chi connectivity index (χ4v) is 1.37. The highest BCUT2D eigenvalue weighted by Crippen LogP contribution is 2.27. The minimum absolute atomic E-state index is 0.0831. The number of amides is 1. The van der Waals surface area contributed by atoms with Gasteiger partial charge in [0.2, 0.25) is 5.91 Å². The van der Waals surface area contributed by atoms with Crippen molar-refractivity contribution in [3.63, 3.8) is 0 Å². The Balaban J connectivity index is 3.10. The fourth-order valence-electron chi connectivity index (χ4n) is 1.37. The number of hydrogen-bond donors (Lipinski definition) is 3. The Hall–Kier alpha value is -1.59. The molecule has 16 heavy (non-hydrogen) atoms. The Morgan fingerprint density at radius 2 is 2.31 bits per heavy atom. The summed E-state index contributed by atoms with van der Waals surface area (Å²) in [6, 6.07) is 5.04. The molecule has 0 aliphatic carbocycles. The smallest absolute Gasteiger partial charge is 0.221 e. The molecule has 5 heteroatoms. The number of nitrogens with two attached hydrogens (primary N) is 1. The summed E-state index contributed by atoms with van der Waals surface area (Å²) >= 11 is 0. The molecule has 5 nitrogen and oxygen atoms in total. The van der Waals surface area contributed by atoms with E-state index in [1.54, 1.807) is 18.2 Å². The molecule has 0 fully saturated rings. The van der Waals surface area contributed by atoms with Crippen molar-refractivity contribution in [2.75, 3.05) is 19.0 Å². The van der Waals surface area contributed by atoms with Gasteiger partial charge in [0.25, 0.3) is 0 Å². The molecule has 1 unspecified atom stereocenters. The molecule has 0 saturated carbocycles. The Labute approximate surface area is 94.2 Å². The van der Waals surface area contributed by atoms with Gasteiger partial charge in [-0.1, -0.05) is 0 Å². The van der Waals surface area contributed by atoms with Crippen molar-refractivity contribution in [2.24, 2.45) is 5.73 Å². The second kappa shape index (κ2) is 5.48. The molecule has 0 aliphatic heterocycles. The van der Waals surface area contributed by atoms with Crippen LogP contribution in [0, 0.1) is 0 Å². The molecule has 1 rings (SSSR count). The number of rotatable bonds is 4. The van der Waals surface area contributed by atoms with Gasteiger partial charge in [-0.15, -0.1) is 0 Å². The van der Waals surface area contributed by atoms with Gasteiger partial charge >= 0.3 is 0 Å². The average Bonchev–Trinajstić information content (AvgIpc) is 2.28. The Bertz CT molecular complexity index is 379. The molecule has 0 saturated heterocycles. The van der Waals surface area contributed by atoms with E-state index in [1.165, 1.54) is 14.0 Å². The molecule has 0 radical (unpaired) electrons. The summed E-state index contributed by atoms with van der Waals surface area (Å²) in [7, 11) is 1.53. The van der Waals surface area contributed by atoms with E-state index in [1.807, 2.05) is 0 Å². The number of hydrogen-bond acceptors (Lipinski definition) is 4. The lowest BCUT2D eigenvalue weighted by atomic mass is 10.1. The molecule has 0 aliphatic rings. The topological polar surface area (TPSA) is 84.6 Å². The molecule has 88 valence electrons.